The Morgan fingerprint density at radius 1 is 0.933 bits per heavy atom. The van der Waals surface area contributed by atoms with Gasteiger partial charge in [-0.25, -0.2) is 8.42 Å². The second-order valence-corrected chi connectivity index (χ2v) is 4.34. The number of hydrogen-bond acceptors (Lipinski definition) is 3. The van der Waals surface area contributed by atoms with Gasteiger partial charge >= 0.3 is 29.6 Å². The van der Waals surface area contributed by atoms with E-state index in [-0.39, 0.29) is 34.5 Å². The first-order chi connectivity index (χ1) is 6.57. The molecule has 0 saturated carbocycles. The van der Waals surface area contributed by atoms with Gasteiger partial charge in [0.25, 0.3) is 0 Å². The second kappa shape index (κ2) is 4.63. The Morgan fingerprint density at radius 3 is 2.07 bits per heavy atom. The standard InChI is InChI=1S/C10H8O3S.Na/c11-14(12,13)10-6-2-4-8-3-1-5-9(8)7-10;/h1-7H,(H,11,12,13);/q;+1/p-1. The predicted molar refractivity (Wildman–Crippen MR) is 51.0 cm³/mol. The molecule has 2 aliphatic rings. The molecule has 0 saturated heterocycles. The third kappa shape index (κ3) is 2.80. The van der Waals surface area contributed by atoms with Crippen molar-refractivity contribution in [1.29, 1.82) is 0 Å². The molecule has 0 N–H and O–H groups in total. The maximum Gasteiger partial charge on any atom is 1.00 e. The summed E-state index contributed by atoms with van der Waals surface area (Å²) >= 11 is 0. The van der Waals surface area contributed by atoms with Crippen molar-refractivity contribution in [2.24, 2.45) is 0 Å². The van der Waals surface area contributed by atoms with Crippen LogP contribution in [0, 0.1) is 0 Å². The van der Waals surface area contributed by atoms with Crippen LogP contribution in [0.15, 0.2) is 47.4 Å². The van der Waals surface area contributed by atoms with Gasteiger partial charge in [-0.2, -0.15) is 0 Å². The topological polar surface area (TPSA) is 57.2 Å². The molecule has 0 radical (unpaired) electrons. The smallest absolute Gasteiger partial charge is 0.744 e. The first-order valence-corrected chi connectivity index (χ1v) is 5.43. The van der Waals surface area contributed by atoms with Crippen molar-refractivity contribution >= 4 is 10.1 Å². The van der Waals surface area contributed by atoms with E-state index in [4.69, 9.17) is 0 Å². The normalized spacial score (nSPS) is 11.0. The van der Waals surface area contributed by atoms with Gasteiger partial charge < -0.3 is 4.55 Å². The van der Waals surface area contributed by atoms with E-state index in [0.29, 0.717) is 0 Å². The van der Waals surface area contributed by atoms with Crippen LogP contribution in [0.5, 0.6) is 0 Å². The van der Waals surface area contributed by atoms with E-state index in [1.807, 2.05) is 12.1 Å². The summed E-state index contributed by atoms with van der Waals surface area (Å²) in [6, 6.07) is 11.5. The molecule has 3 nitrogen and oxygen atoms in total. The Kier molecular flexibility index (Phi) is 3.92. The van der Waals surface area contributed by atoms with E-state index in [2.05, 4.69) is 0 Å². The SMILES string of the molecule is O=S(=O)([O-])c1cccc2cccc-2c1.[Na+]. The van der Waals surface area contributed by atoms with Gasteiger partial charge in [-0.05, 0) is 23.3 Å². The molecule has 5 heteroatoms. The molecule has 0 aromatic rings. The zero-order valence-corrected chi connectivity index (χ0v) is 11.0. The first kappa shape index (κ1) is 12.7. The molecular formula is C10H7NaO3S. The maximum absolute atomic E-state index is 10.8. The van der Waals surface area contributed by atoms with Crippen LogP contribution in [0.1, 0.15) is 0 Å². The summed E-state index contributed by atoms with van der Waals surface area (Å²) in [5.41, 5.74) is 1.67. The summed E-state index contributed by atoms with van der Waals surface area (Å²) in [4.78, 5) is -0.196. The minimum absolute atomic E-state index is 0. The van der Waals surface area contributed by atoms with E-state index < -0.39 is 10.1 Å². The molecule has 0 aromatic carbocycles. The van der Waals surface area contributed by atoms with Crippen LogP contribution < -0.4 is 29.6 Å². The summed E-state index contributed by atoms with van der Waals surface area (Å²) in [5.74, 6) is 0. The Hall–Kier alpha value is -0.390. The third-order valence-electron chi connectivity index (χ3n) is 2.01. The van der Waals surface area contributed by atoms with Gasteiger partial charge in [0.2, 0.25) is 0 Å². The van der Waals surface area contributed by atoms with Crippen LogP contribution in [-0.4, -0.2) is 13.0 Å². The average Bonchev–Trinajstić information content (AvgIpc) is 2.41. The first-order valence-electron chi connectivity index (χ1n) is 4.02. The molecule has 0 atom stereocenters. The molecule has 72 valence electrons. The van der Waals surface area contributed by atoms with Gasteiger partial charge in [0.1, 0.15) is 10.1 Å². The van der Waals surface area contributed by atoms with Gasteiger partial charge in [0.15, 0.2) is 0 Å². The van der Waals surface area contributed by atoms with Crippen LogP contribution in [0.25, 0.3) is 11.1 Å². The molecule has 0 aromatic heterocycles. The zero-order valence-electron chi connectivity index (χ0n) is 8.17. The molecular weight excluding hydrogens is 223 g/mol. The van der Waals surface area contributed by atoms with E-state index in [1.165, 1.54) is 12.1 Å². The van der Waals surface area contributed by atoms with E-state index in [0.717, 1.165) is 11.1 Å². The fraction of sp³-hybridized carbons (Fsp3) is 0. The summed E-state index contributed by atoms with van der Waals surface area (Å²) in [6.45, 7) is 0. The Balaban J connectivity index is 0.00000112. The number of fused-ring (bicyclic) bond motifs is 1. The van der Waals surface area contributed by atoms with Crippen LogP contribution in [-0.2, 0) is 10.1 Å². The second-order valence-electron chi connectivity index (χ2n) is 2.96. The third-order valence-corrected chi connectivity index (χ3v) is 2.84. The van der Waals surface area contributed by atoms with Crippen LogP contribution in [0.4, 0.5) is 0 Å². The molecule has 0 spiro atoms. The average molecular weight is 230 g/mol. The van der Waals surface area contributed by atoms with Gasteiger partial charge in [0.05, 0.1) is 4.90 Å². The van der Waals surface area contributed by atoms with E-state index in [1.54, 1.807) is 18.2 Å². The quantitative estimate of drug-likeness (QED) is 0.452. The van der Waals surface area contributed by atoms with Crippen molar-refractivity contribution in [3.8, 4) is 11.1 Å². The molecule has 0 fully saturated rings. The Labute approximate surface area is 111 Å². The molecule has 2 aliphatic carbocycles. The number of rotatable bonds is 1. The van der Waals surface area contributed by atoms with E-state index >= 15 is 0 Å². The molecule has 0 aliphatic heterocycles. The van der Waals surface area contributed by atoms with Crippen molar-refractivity contribution in [3.63, 3.8) is 0 Å². The van der Waals surface area contributed by atoms with Gasteiger partial charge in [-0.3, -0.25) is 0 Å². The van der Waals surface area contributed by atoms with Crippen LogP contribution in [0.3, 0.4) is 0 Å². The Bertz CT molecular complexity index is 536. The van der Waals surface area contributed by atoms with Crippen molar-refractivity contribution in [2.45, 2.75) is 4.90 Å². The fourth-order valence-corrected chi connectivity index (χ4v) is 1.85. The van der Waals surface area contributed by atoms with Crippen LogP contribution >= 0.6 is 0 Å². The summed E-state index contributed by atoms with van der Waals surface area (Å²) < 4.78 is 32.3. The molecule has 0 amide bonds. The molecule has 0 heterocycles. The minimum atomic E-state index is -4.37. The molecule has 0 bridgehead atoms. The van der Waals surface area contributed by atoms with Crippen molar-refractivity contribution in [3.05, 3.63) is 42.5 Å². The molecule has 2 rings (SSSR count). The summed E-state index contributed by atoms with van der Waals surface area (Å²) in [7, 11) is -4.37. The van der Waals surface area contributed by atoms with Crippen LogP contribution in [0.2, 0.25) is 0 Å². The van der Waals surface area contributed by atoms with Crippen molar-refractivity contribution in [2.75, 3.05) is 0 Å². The predicted octanol–water partition coefficient (Wildman–Crippen LogP) is -1.30. The summed E-state index contributed by atoms with van der Waals surface area (Å²) in [6.07, 6.45) is 0. The van der Waals surface area contributed by atoms with Crippen molar-refractivity contribution < 1.29 is 42.5 Å². The molecule has 15 heavy (non-hydrogen) atoms. The van der Waals surface area contributed by atoms with Gasteiger partial charge in [-0.15, -0.1) is 0 Å². The van der Waals surface area contributed by atoms with E-state index in [9.17, 15) is 13.0 Å². The Morgan fingerprint density at radius 2 is 1.47 bits per heavy atom. The zero-order chi connectivity index (χ0) is 10.2. The van der Waals surface area contributed by atoms with Crippen molar-refractivity contribution in [1.82, 2.24) is 0 Å². The number of hydrogen-bond donors (Lipinski definition) is 0. The minimum Gasteiger partial charge on any atom is -0.744 e. The monoisotopic (exact) mass is 230 g/mol. The largest absolute Gasteiger partial charge is 1.00 e. The fourth-order valence-electron chi connectivity index (χ4n) is 1.33. The van der Waals surface area contributed by atoms with Gasteiger partial charge in [0, 0.05) is 0 Å². The maximum atomic E-state index is 10.8. The van der Waals surface area contributed by atoms with Gasteiger partial charge in [-0.1, -0.05) is 30.3 Å². The molecule has 0 unspecified atom stereocenters. The summed E-state index contributed by atoms with van der Waals surface area (Å²) in [5, 5.41) is 0.